The summed E-state index contributed by atoms with van der Waals surface area (Å²) in [6.45, 7) is 2.16. The summed E-state index contributed by atoms with van der Waals surface area (Å²) >= 11 is 0. The van der Waals surface area contributed by atoms with E-state index >= 15 is 0 Å². The first-order chi connectivity index (χ1) is 3.83. The van der Waals surface area contributed by atoms with E-state index in [0.717, 1.165) is 12.7 Å². The van der Waals surface area contributed by atoms with Crippen LogP contribution in [0, 0.1) is 5.41 Å². The number of rotatable bonds is 3. The maximum Gasteiger partial charge on any atom is 0.120 e. The number of aldehydes is 1. The second-order valence-electron chi connectivity index (χ2n) is 2.72. The molecule has 0 aromatic rings. The fraction of sp³-hybridized carbons (Fsp3) is 0.857. The predicted molar refractivity (Wildman–Crippen MR) is 32.6 cm³/mol. The van der Waals surface area contributed by atoms with Crippen LogP contribution in [0.4, 0.5) is 0 Å². The van der Waals surface area contributed by atoms with Crippen molar-refractivity contribution in [2.45, 2.75) is 32.6 Å². The molecule has 0 aromatic heterocycles. The largest absolute Gasteiger partial charge is 0.303 e. The number of carbonyl (C=O) groups excluding carboxylic acids is 1. The van der Waals surface area contributed by atoms with E-state index < -0.39 is 0 Å². The van der Waals surface area contributed by atoms with Gasteiger partial charge in [-0.3, -0.25) is 0 Å². The van der Waals surface area contributed by atoms with Gasteiger partial charge in [-0.15, -0.1) is 0 Å². The van der Waals surface area contributed by atoms with Crippen molar-refractivity contribution in [3.8, 4) is 0 Å². The minimum absolute atomic E-state index is 0.474. The number of hydrogen-bond donors (Lipinski definition) is 0. The van der Waals surface area contributed by atoms with Gasteiger partial charge < -0.3 is 4.79 Å². The summed E-state index contributed by atoms with van der Waals surface area (Å²) in [5.41, 5.74) is 0.474. The minimum Gasteiger partial charge on any atom is -0.303 e. The Balaban J connectivity index is 2.29. The molecule has 0 atom stereocenters. The van der Waals surface area contributed by atoms with Crippen LogP contribution in [-0.4, -0.2) is 6.29 Å². The smallest absolute Gasteiger partial charge is 0.120 e. The van der Waals surface area contributed by atoms with Gasteiger partial charge in [0.2, 0.25) is 0 Å². The molecule has 8 heavy (non-hydrogen) atoms. The van der Waals surface area contributed by atoms with Gasteiger partial charge in [-0.2, -0.15) is 0 Å². The topological polar surface area (TPSA) is 17.1 Å². The summed E-state index contributed by atoms with van der Waals surface area (Å²) < 4.78 is 0. The molecule has 0 spiro atoms. The summed E-state index contributed by atoms with van der Waals surface area (Å²) in [6.07, 6.45) is 5.59. The average Bonchev–Trinajstić information content (AvgIpc) is 2.50. The zero-order valence-electron chi connectivity index (χ0n) is 5.31. The molecule has 1 heteroatoms. The lowest BCUT2D eigenvalue weighted by atomic mass is 10.0. The molecule has 1 rings (SSSR count). The summed E-state index contributed by atoms with van der Waals surface area (Å²) in [7, 11) is 0. The molecule has 1 saturated carbocycles. The molecule has 0 aliphatic heterocycles. The highest BCUT2D eigenvalue weighted by molar-refractivity contribution is 5.51. The van der Waals surface area contributed by atoms with E-state index in [2.05, 4.69) is 6.92 Å². The van der Waals surface area contributed by atoms with E-state index in [9.17, 15) is 4.79 Å². The lowest BCUT2D eigenvalue weighted by Crippen LogP contribution is -1.97. The van der Waals surface area contributed by atoms with E-state index in [1.807, 2.05) is 0 Å². The van der Waals surface area contributed by atoms with E-state index in [4.69, 9.17) is 0 Å². The molecule has 1 aliphatic carbocycles. The Hall–Kier alpha value is -0.330. The van der Waals surface area contributed by atoms with Crippen LogP contribution < -0.4 is 0 Å². The van der Waals surface area contributed by atoms with E-state index in [-0.39, 0.29) is 0 Å². The Labute approximate surface area is 50.1 Å². The van der Waals surface area contributed by atoms with E-state index in [0.29, 0.717) is 5.41 Å². The minimum atomic E-state index is 0.474. The monoisotopic (exact) mass is 112 g/mol. The highest BCUT2D eigenvalue weighted by Gasteiger charge is 2.39. The van der Waals surface area contributed by atoms with Crippen molar-refractivity contribution in [2.75, 3.05) is 0 Å². The van der Waals surface area contributed by atoms with Crippen molar-refractivity contribution in [1.82, 2.24) is 0 Å². The molecule has 0 N–H and O–H groups in total. The zero-order chi connectivity index (χ0) is 6.04. The number of hydrogen-bond acceptors (Lipinski definition) is 1. The third kappa shape index (κ3) is 0.908. The normalized spacial score (nSPS) is 22.6. The van der Waals surface area contributed by atoms with Crippen LogP contribution in [0.2, 0.25) is 0 Å². The summed E-state index contributed by atoms with van der Waals surface area (Å²) in [6, 6.07) is 0. The van der Waals surface area contributed by atoms with E-state index in [1.165, 1.54) is 19.3 Å². The highest BCUT2D eigenvalue weighted by atomic mass is 16.1. The molecule has 0 radical (unpaired) electrons. The highest BCUT2D eigenvalue weighted by Crippen LogP contribution is 2.50. The van der Waals surface area contributed by atoms with Crippen LogP contribution in [0.3, 0.4) is 0 Å². The Morgan fingerprint density at radius 3 is 2.38 bits per heavy atom. The fourth-order valence-electron chi connectivity index (χ4n) is 1.06. The first-order valence-corrected chi connectivity index (χ1v) is 3.27. The maximum absolute atomic E-state index is 10.0. The van der Waals surface area contributed by atoms with Gasteiger partial charge in [-0.25, -0.2) is 0 Å². The Morgan fingerprint density at radius 2 is 2.25 bits per heavy atom. The second-order valence-corrected chi connectivity index (χ2v) is 2.72. The summed E-state index contributed by atoms with van der Waals surface area (Å²) in [5.74, 6) is 0. The van der Waals surface area contributed by atoms with Gasteiger partial charge in [0, 0.05) is 6.42 Å². The van der Waals surface area contributed by atoms with Crippen molar-refractivity contribution in [3.63, 3.8) is 0 Å². The van der Waals surface area contributed by atoms with Crippen LogP contribution in [-0.2, 0) is 4.79 Å². The molecule has 1 aliphatic rings. The first-order valence-electron chi connectivity index (χ1n) is 3.27. The fourth-order valence-corrected chi connectivity index (χ4v) is 1.06. The van der Waals surface area contributed by atoms with Gasteiger partial charge in [0.1, 0.15) is 6.29 Å². The lowest BCUT2D eigenvalue weighted by molar-refractivity contribution is -0.108. The van der Waals surface area contributed by atoms with Crippen molar-refractivity contribution in [2.24, 2.45) is 5.41 Å². The van der Waals surface area contributed by atoms with Gasteiger partial charge in [0.15, 0.2) is 0 Å². The predicted octanol–water partition coefficient (Wildman–Crippen LogP) is 1.77. The molecule has 0 unspecified atom stereocenters. The first kappa shape index (κ1) is 5.80. The average molecular weight is 112 g/mol. The van der Waals surface area contributed by atoms with E-state index in [1.54, 1.807) is 0 Å². The second kappa shape index (κ2) is 1.88. The van der Waals surface area contributed by atoms with Gasteiger partial charge in [-0.05, 0) is 18.3 Å². The Bertz CT molecular complexity index is 92.6. The van der Waals surface area contributed by atoms with Crippen molar-refractivity contribution in [1.29, 1.82) is 0 Å². The van der Waals surface area contributed by atoms with Crippen LogP contribution in [0.25, 0.3) is 0 Å². The van der Waals surface area contributed by atoms with Gasteiger partial charge >= 0.3 is 0 Å². The van der Waals surface area contributed by atoms with Crippen LogP contribution in [0.15, 0.2) is 0 Å². The van der Waals surface area contributed by atoms with Crippen molar-refractivity contribution < 1.29 is 4.79 Å². The van der Waals surface area contributed by atoms with Crippen LogP contribution in [0.5, 0.6) is 0 Å². The summed E-state index contributed by atoms with van der Waals surface area (Å²) in [4.78, 5) is 10.0. The van der Waals surface area contributed by atoms with Crippen molar-refractivity contribution in [3.05, 3.63) is 0 Å². The molecular weight excluding hydrogens is 100 g/mol. The third-order valence-electron chi connectivity index (χ3n) is 2.22. The Kier molecular flexibility index (Phi) is 1.37. The van der Waals surface area contributed by atoms with Crippen LogP contribution >= 0.6 is 0 Å². The summed E-state index contributed by atoms with van der Waals surface area (Å²) in [5, 5.41) is 0. The Morgan fingerprint density at radius 1 is 1.62 bits per heavy atom. The number of carbonyl (C=O) groups is 1. The molecule has 1 nitrogen and oxygen atoms in total. The third-order valence-corrected chi connectivity index (χ3v) is 2.22. The van der Waals surface area contributed by atoms with Gasteiger partial charge in [0.05, 0.1) is 0 Å². The lowest BCUT2D eigenvalue weighted by Gasteiger charge is -2.03. The van der Waals surface area contributed by atoms with Crippen LogP contribution in [0.1, 0.15) is 32.6 Å². The van der Waals surface area contributed by atoms with Gasteiger partial charge in [0.25, 0.3) is 0 Å². The van der Waals surface area contributed by atoms with Gasteiger partial charge in [-0.1, -0.05) is 13.3 Å². The molecule has 46 valence electrons. The molecule has 0 amide bonds. The standard InChI is InChI=1S/C7H12O/c1-2-7(3-4-7)5-6-8/h6H,2-5H2,1H3. The SMILES string of the molecule is CCC1(CC=O)CC1. The molecule has 0 bridgehead atoms. The quantitative estimate of drug-likeness (QED) is 0.508. The van der Waals surface area contributed by atoms with Crippen molar-refractivity contribution >= 4 is 6.29 Å². The molecule has 0 heterocycles. The molecular formula is C7H12O. The zero-order valence-corrected chi connectivity index (χ0v) is 5.31. The molecule has 0 aromatic carbocycles. The molecule has 0 saturated heterocycles. The molecule has 1 fully saturated rings. The maximum atomic E-state index is 10.0.